The van der Waals surface area contributed by atoms with Crippen LogP contribution in [0, 0.1) is 12.7 Å². The highest BCUT2D eigenvalue weighted by Gasteiger charge is 2.23. The Balaban J connectivity index is 1.88. The number of nitrogens with one attached hydrogen (secondary N) is 1. The molecule has 1 unspecified atom stereocenters. The largest absolute Gasteiger partial charge is 0.469 e. The van der Waals surface area contributed by atoms with Crippen LogP contribution in [0.2, 0.25) is 0 Å². The molecule has 2 aromatic rings. The van der Waals surface area contributed by atoms with E-state index in [2.05, 4.69) is 5.32 Å². The topological polar surface area (TPSA) is 25.2 Å². The van der Waals surface area contributed by atoms with Crippen molar-refractivity contribution in [3.63, 3.8) is 0 Å². The van der Waals surface area contributed by atoms with Crippen molar-refractivity contribution in [2.24, 2.45) is 0 Å². The van der Waals surface area contributed by atoms with Crippen LogP contribution in [0.4, 0.5) is 10.1 Å². The van der Waals surface area contributed by atoms with Gasteiger partial charge in [-0.25, -0.2) is 4.39 Å². The van der Waals surface area contributed by atoms with E-state index in [1.165, 1.54) is 11.6 Å². The van der Waals surface area contributed by atoms with Gasteiger partial charge in [0.2, 0.25) is 0 Å². The molecule has 1 atom stereocenters. The molecule has 0 amide bonds. The summed E-state index contributed by atoms with van der Waals surface area (Å²) in [5.74, 6) is 0.836. The van der Waals surface area contributed by atoms with Crippen LogP contribution in [0.25, 0.3) is 0 Å². The van der Waals surface area contributed by atoms with Crippen molar-refractivity contribution in [2.75, 3.05) is 5.32 Å². The number of furan rings is 1. The number of hydrogen-bond donors (Lipinski definition) is 1. The SMILES string of the molecule is Cc1ccc(F)c(NC2CCCc3occc32)c1. The van der Waals surface area contributed by atoms with Crippen LogP contribution in [0.3, 0.4) is 0 Å². The maximum Gasteiger partial charge on any atom is 0.146 e. The molecule has 3 heteroatoms. The molecule has 3 rings (SSSR count). The summed E-state index contributed by atoms with van der Waals surface area (Å²) < 4.78 is 19.2. The van der Waals surface area contributed by atoms with Gasteiger partial charge in [-0.3, -0.25) is 0 Å². The maximum atomic E-state index is 13.7. The van der Waals surface area contributed by atoms with E-state index in [-0.39, 0.29) is 11.9 Å². The van der Waals surface area contributed by atoms with Gasteiger partial charge >= 0.3 is 0 Å². The first-order valence-electron chi connectivity index (χ1n) is 6.33. The second kappa shape index (κ2) is 4.48. The minimum atomic E-state index is -0.198. The fraction of sp³-hybridized carbons (Fsp3) is 0.333. The van der Waals surface area contributed by atoms with Gasteiger partial charge in [0.05, 0.1) is 18.0 Å². The predicted octanol–water partition coefficient (Wildman–Crippen LogP) is 4.22. The first-order valence-corrected chi connectivity index (χ1v) is 6.33. The van der Waals surface area contributed by atoms with Crippen LogP contribution in [0.5, 0.6) is 0 Å². The molecule has 0 aliphatic heterocycles. The molecule has 0 spiro atoms. The molecular formula is C15H16FNO. The van der Waals surface area contributed by atoms with Crippen LogP contribution in [-0.2, 0) is 6.42 Å². The monoisotopic (exact) mass is 245 g/mol. The Morgan fingerprint density at radius 1 is 1.33 bits per heavy atom. The molecule has 0 saturated heterocycles. The molecule has 1 aromatic carbocycles. The molecule has 1 N–H and O–H groups in total. The zero-order chi connectivity index (χ0) is 12.5. The number of hydrogen-bond acceptors (Lipinski definition) is 2. The van der Waals surface area contributed by atoms with Gasteiger partial charge in [-0.2, -0.15) is 0 Å². The molecule has 1 aromatic heterocycles. The average molecular weight is 245 g/mol. The summed E-state index contributed by atoms with van der Waals surface area (Å²) in [5.41, 5.74) is 2.80. The van der Waals surface area contributed by atoms with Crippen LogP contribution in [0.1, 0.15) is 35.8 Å². The molecule has 1 aliphatic rings. The average Bonchev–Trinajstić information content (AvgIpc) is 2.83. The van der Waals surface area contributed by atoms with Gasteiger partial charge < -0.3 is 9.73 Å². The van der Waals surface area contributed by atoms with Gasteiger partial charge in [0.1, 0.15) is 11.6 Å². The quantitative estimate of drug-likeness (QED) is 0.857. The zero-order valence-electron chi connectivity index (χ0n) is 10.4. The summed E-state index contributed by atoms with van der Waals surface area (Å²) in [6.07, 6.45) is 4.79. The van der Waals surface area contributed by atoms with Gasteiger partial charge in [0.15, 0.2) is 0 Å². The van der Waals surface area contributed by atoms with E-state index < -0.39 is 0 Å². The minimum absolute atomic E-state index is 0.156. The molecule has 0 fully saturated rings. The van der Waals surface area contributed by atoms with Crippen molar-refractivity contribution in [1.29, 1.82) is 0 Å². The van der Waals surface area contributed by atoms with Crippen molar-refractivity contribution < 1.29 is 8.81 Å². The Morgan fingerprint density at radius 2 is 2.22 bits per heavy atom. The number of aryl methyl sites for hydroxylation is 2. The van der Waals surface area contributed by atoms with E-state index in [4.69, 9.17) is 4.42 Å². The number of benzene rings is 1. The summed E-state index contributed by atoms with van der Waals surface area (Å²) in [7, 11) is 0. The molecule has 94 valence electrons. The first-order chi connectivity index (χ1) is 8.74. The number of anilines is 1. The Bertz CT molecular complexity index is 561. The number of rotatable bonds is 2. The van der Waals surface area contributed by atoms with Gasteiger partial charge in [-0.15, -0.1) is 0 Å². The standard InChI is InChI=1S/C15H16FNO/c1-10-5-6-12(16)14(9-10)17-13-3-2-4-15-11(13)7-8-18-15/h5-9,13,17H,2-4H2,1H3. The number of halogens is 1. The first kappa shape index (κ1) is 11.3. The van der Waals surface area contributed by atoms with Crippen molar-refractivity contribution in [3.8, 4) is 0 Å². The van der Waals surface area contributed by atoms with Crippen molar-refractivity contribution in [1.82, 2.24) is 0 Å². The smallest absolute Gasteiger partial charge is 0.146 e. The van der Waals surface area contributed by atoms with Gasteiger partial charge in [-0.05, 0) is 43.5 Å². The lowest BCUT2D eigenvalue weighted by Gasteiger charge is -2.24. The molecular weight excluding hydrogens is 229 g/mol. The Hall–Kier alpha value is -1.77. The predicted molar refractivity (Wildman–Crippen MR) is 69.1 cm³/mol. The second-order valence-electron chi connectivity index (χ2n) is 4.87. The van der Waals surface area contributed by atoms with Crippen LogP contribution >= 0.6 is 0 Å². The summed E-state index contributed by atoms with van der Waals surface area (Å²) in [6.45, 7) is 1.97. The molecule has 0 saturated carbocycles. The van der Waals surface area contributed by atoms with E-state index in [9.17, 15) is 4.39 Å². The van der Waals surface area contributed by atoms with E-state index >= 15 is 0 Å². The van der Waals surface area contributed by atoms with Crippen LogP contribution < -0.4 is 5.32 Å². The second-order valence-corrected chi connectivity index (χ2v) is 4.87. The lowest BCUT2D eigenvalue weighted by atomic mass is 9.93. The fourth-order valence-electron chi connectivity index (χ4n) is 2.57. The third-order valence-corrected chi connectivity index (χ3v) is 3.50. The van der Waals surface area contributed by atoms with E-state index in [1.54, 1.807) is 12.3 Å². The molecule has 1 heterocycles. The summed E-state index contributed by atoms with van der Waals surface area (Å²) >= 11 is 0. The van der Waals surface area contributed by atoms with E-state index in [0.29, 0.717) is 5.69 Å². The highest BCUT2D eigenvalue weighted by Crippen LogP contribution is 2.33. The lowest BCUT2D eigenvalue weighted by Crippen LogP contribution is -2.16. The third-order valence-electron chi connectivity index (χ3n) is 3.50. The van der Waals surface area contributed by atoms with Crippen LogP contribution in [-0.4, -0.2) is 0 Å². The van der Waals surface area contributed by atoms with Crippen molar-refractivity contribution in [3.05, 3.63) is 53.2 Å². The Labute approximate surface area is 106 Å². The normalized spacial score (nSPS) is 18.4. The molecule has 0 radical (unpaired) electrons. The van der Waals surface area contributed by atoms with Crippen LogP contribution in [0.15, 0.2) is 34.9 Å². The molecule has 1 aliphatic carbocycles. The molecule has 0 bridgehead atoms. The Kier molecular flexibility index (Phi) is 2.82. The van der Waals surface area contributed by atoms with Gasteiger partial charge in [0, 0.05) is 12.0 Å². The molecule has 2 nitrogen and oxygen atoms in total. The zero-order valence-corrected chi connectivity index (χ0v) is 10.4. The Morgan fingerprint density at radius 3 is 3.11 bits per heavy atom. The summed E-state index contributed by atoms with van der Waals surface area (Å²) in [5, 5.41) is 3.30. The molecule has 18 heavy (non-hydrogen) atoms. The van der Waals surface area contributed by atoms with Crippen molar-refractivity contribution >= 4 is 5.69 Å². The maximum absolute atomic E-state index is 13.7. The number of fused-ring (bicyclic) bond motifs is 1. The van der Waals surface area contributed by atoms with Crippen molar-refractivity contribution in [2.45, 2.75) is 32.2 Å². The summed E-state index contributed by atoms with van der Waals surface area (Å²) in [4.78, 5) is 0. The highest BCUT2D eigenvalue weighted by atomic mass is 19.1. The van der Waals surface area contributed by atoms with Gasteiger partial charge in [-0.1, -0.05) is 6.07 Å². The lowest BCUT2D eigenvalue weighted by molar-refractivity contribution is 0.460. The van der Waals surface area contributed by atoms with Gasteiger partial charge in [0.25, 0.3) is 0 Å². The highest BCUT2D eigenvalue weighted by molar-refractivity contribution is 5.49. The fourth-order valence-corrected chi connectivity index (χ4v) is 2.57. The van der Waals surface area contributed by atoms with E-state index in [1.807, 2.05) is 19.1 Å². The third kappa shape index (κ3) is 2.01. The summed E-state index contributed by atoms with van der Waals surface area (Å²) in [6, 6.07) is 7.29. The van der Waals surface area contributed by atoms with E-state index in [0.717, 1.165) is 30.6 Å². The minimum Gasteiger partial charge on any atom is -0.469 e.